The summed E-state index contributed by atoms with van der Waals surface area (Å²) in [7, 11) is 0. The van der Waals surface area contributed by atoms with Crippen LogP contribution in [0.25, 0.3) is 0 Å². The lowest BCUT2D eigenvalue weighted by molar-refractivity contribution is 0.331. The Kier molecular flexibility index (Phi) is 4.93. The summed E-state index contributed by atoms with van der Waals surface area (Å²) in [6.45, 7) is 3.34. The Hall–Kier alpha value is -0.480. The molecule has 1 atom stereocenters. The number of hydrogen-bond donors (Lipinski definition) is 1. The van der Waals surface area contributed by atoms with Crippen LogP contribution in [0.15, 0.2) is 0 Å². The summed E-state index contributed by atoms with van der Waals surface area (Å²) in [5.41, 5.74) is 0. The fraction of sp³-hybridized carbons (Fsp3) is 0.833. The highest BCUT2D eigenvalue weighted by atomic mass is 14.9. The van der Waals surface area contributed by atoms with Gasteiger partial charge in [-0.25, -0.2) is 0 Å². The molecule has 0 aromatic heterocycles. The van der Waals surface area contributed by atoms with Crippen molar-refractivity contribution in [1.29, 1.82) is 0 Å². The van der Waals surface area contributed by atoms with Crippen molar-refractivity contribution in [3.63, 3.8) is 0 Å². The van der Waals surface area contributed by atoms with Gasteiger partial charge >= 0.3 is 0 Å². The molecule has 1 heteroatoms. The molecule has 0 bridgehead atoms. The van der Waals surface area contributed by atoms with Crippen LogP contribution in [0.3, 0.4) is 0 Å². The number of nitrogens with one attached hydrogen (secondary N) is 1. The second kappa shape index (κ2) is 6.05. The first-order chi connectivity index (χ1) is 6.33. The van der Waals surface area contributed by atoms with Crippen LogP contribution in [0.2, 0.25) is 0 Å². The van der Waals surface area contributed by atoms with Crippen LogP contribution in [0.4, 0.5) is 0 Å². The van der Waals surface area contributed by atoms with E-state index in [2.05, 4.69) is 18.2 Å². The largest absolute Gasteiger partial charge is 0.313 e. The van der Waals surface area contributed by atoms with Crippen LogP contribution in [0.1, 0.15) is 45.4 Å². The molecule has 0 aromatic carbocycles. The summed E-state index contributed by atoms with van der Waals surface area (Å²) in [4.78, 5) is 0. The van der Waals surface area contributed by atoms with Crippen molar-refractivity contribution < 1.29 is 0 Å². The zero-order valence-electron chi connectivity index (χ0n) is 8.68. The van der Waals surface area contributed by atoms with Gasteiger partial charge in [-0.15, -0.1) is 12.3 Å². The van der Waals surface area contributed by atoms with Gasteiger partial charge in [0.15, 0.2) is 0 Å². The van der Waals surface area contributed by atoms with E-state index in [0.29, 0.717) is 6.04 Å². The summed E-state index contributed by atoms with van der Waals surface area (Å²) in [6, 6.07) is 0.493. The van der Waals surface area contributed by atoms with Crippen LogP contribution in [-0.2, 0) is 0 Å². The topological polar surface area (TPSA) is 12.0 Å². The SMILES string of the molecule is C#CCC(C)NCC1CCCCC1. The minimum atomic E-state index is 0.493. The predicted octanol–water partition coefficient (Wildman–Crippen LogP) is 2.57. The van der Waals surface area contributed by atoms with Gasteiger partial charge in [-0.05, 0) is 32.2 Å². The molecule has 0 aromatic rings. The van der Waals surface area contributed by atoms with Gasteiger partial charge in [-0.1, -0.05) is 19.3 Å². The molecule has 1 rings (SSSR count). The van der Waals surface area contributed by atoms with Crippen molar-refractivity contribution in [3.8, 4) is 12.3 Å². The summed E-state index contributed by atoms with van der Waals surface area (Å²) in [5.74, 6) is 3.60. The molecular weight excluding hydrogens is 158 g/mol. The molecule has 1 aliphatic carbocycles. The molecule has 0 heterocycles. The van der Waals surface area contributed by atoms with Gasteiger partial charge in [0.05, 0.1) is 0 Å². The lowest BCUT2D eigenvalue weighted by Crippen LogP contribution is -2.31. The minimum Gasteiger partial charge on any atom is -0.313 e. The van der Waals surface area contributed by atoms with E-state index in [1.54, 1.807) is 0 Å². The lowest BCUT2D eigenvalue weighted by Gasteiger charge is -2.23. The summed E-state index contributed by atoms with van der Waals surface area (Å²) in [5, 5.41) is 3.51. The van der Waals surface area contributed by atoms with Crippen molar-refractivity contribution >= 4 is 0 Å². The Balaban J connectivity index is 2.07. The molecule has 74 valence electrons. The van der Waals surface area contributed by atoms with E-state index in [1.807, 2.05) is 0 Å². The molecule has 0 amide bonds. The van der Waals surface area contributed by atoms with E-state index in [4.69, 9.17) is 6.42 Å². The number of terminal acetylenes is 1. The molecule has 1 saturated carbocycles. The molecular formula is C12H21N. The second-order valence-corrected chi connectivity index (χ2v) is 4.22. The molecule has 0 aliphatic heterocycles. The van der Waals surface area contributed by atoms with Crippen molar-refractivity contribution in [2.75, 3.05) is 6.54 Å². The fourth-order valence-electron chi connectivity index (χ4n) is 2.01. The van der Waals surface area contributed by atoms with E-state index < -0.39 is 0 Å². The highest BCUT2D eigenvalue weighted by molar-refractivity contribution is 4.88. The van der Waals surface area contributed by atoms with Crippen LogP contribution >= 0.6 is 0 Å². The number of rotatable bonds is 4. The van der Waals surface area contributed by atoms with Crippen LogP contribution < -0.4 is 5.32 Å². The van der Waals surface area contributed by atoms with Crippen LogP contribution in [0, 0.1) is 18.3 Å². The maximum atomic E-state index is 5.25. The number of hydrogen-bond acceptors (Lipinski definition) is 1. The van der Waals surface area contributed by atoms with Gasteiger partial charge in [0.1, 0.15) is 0 Å². The van der Waals surface area contributed by atoms with Crippen molar-refractivity contribution in [1.82, 2.24) is 5.32 Å². The third-order valence-corrected chi connectivity index (χ3v) is 2.90. The Morgan fingerprint density at radius 3 is 2.69 bits per heavy atom. The maximum absolute atomic E-state index is 5.25. The van der Waals surface area contributed by atoms with Gasteiger partial charge < -0.3 is 5.32 Å². The van der Waals surface area contributed by atoms with E-state index in [-0.39, 0.29) is 0 Å². The van der Waals surface area contributed by atoms with E-state index in [1.165, 1.54) is 38.6 Å². The molecule has 1 aliphatic rings. The Morgan fingerprint density at radius 1 is 1.38 bits per heavy atom. The van der Waals surface area contributed by atoms with Gasteiger partial charge in [-0.3, -0.25) is 0 Å². The standard InChI is InChI=1S/C12H21N/c1-3-7-11(2)13-10-12-8-5-4-6-9-12/h1,11-13H,4-10H2,2H3. The average Bonchev–Trinajstić information content (AvgIpc) is 2.17. The highest BCUT2D eigenvalue weighted by Crippen LogP contribution is 2.22. The van der Waals surface area contributed by atoms with E-state index in [9.17, 15) is 0 Å². The first kappa shape index (κ1) is 10.6. The molecule has 1 unspecified atom stereocenters. The smallest absolute Gasteiger partial charge is 0.0238 e. The monoisotopic (exact) mass is 179 g/mol. The van der Waals surface area contributed by atoms with Crippen LogP contribution in [-0.4, -0.2) is 12.6 Å². The Bertz CT molecular complexity index is 162. The normalized spacial score (nSPS) is 20.9. The zero-order valence-corrected chi connectivity index (χ0v) is 8.68. The van der Waals surface area contributed by atoms with Crippen molar-refractivity contribution in [2.24, 2.45) is 5.92 Å². The quantitative estimate of drug-likeness (QED) is 0.654. The van der Waals surface area contributed by atoms with Crippen LogP contribution in [0.5, 0.6) is 0 Å². The van der Waals surface area contributed by atoms with Gasteiger partial charge in [0.25, 0.3) is 0 Å². The highest BCUT2D eigenvalue weighted by Gasteiger charge is 2.13. The van der Waals surface area contributed by atoms with E-state index >= 15 is 0 Å². The lowest BCUT2D eigenvalue weighted by atomic mass is 9.89. The zero-order chi connectivity index (χ0) is 9.52. The Morgan fingerprint density at radius 2 is 2.08 bits per heavy atom. The second-order valence-electron chi connectivity index (χ2n) is 4.22. The first-order valence-electron chi connectivity index (χ1n) is 5.49. The molecule has 1 N–H and O–H groups in total. The van der Waals surface area contributed by atoms with E-state index in [0.717, 1.165) is 12.3 Å². The van der Waals surface area contributed by atoms with Gasteiger partial charge in [0.2, 0.25) is 0 Å². The summed E-state index contributed by atoms with van der Waals surface area (Å²) in [6.07, 6.45) is 13.2. The van der Waals surface area contributed by atoms with Gasteiger partial charge in [0, 0.05) is 12.5 Å². The molecule has 0 spiro atoms. The van der Waals surface area contributed by atoms with Crippen molar-refractivity contribution in [3.05, 3.63) is 0 Å². The third kappa shape index (κ3) is 4.33. The minimum absolute atomic E-state index is 0.493. The summed E-state index contributed by atoms with van der Waals surface area (Å²) >= 11 is 0. The average molecular weight is 179 g/mol. The molecule has 0 saturated heterocycles. The fourth-order valence-corrected chi connectivity index (χ4v) is 2.01. The third-order valence-electron chi connectivity index (χ3n) is 2.90. The molecule has 0 radical (unpaired) electrons. The maximum Gasteiger partial charge on any atom is 0.0238 e. The molecule has 1 nitrogen and oxygen atoms in total. The first-order valence-corrected chi connectivity index (χ1v) is 5.49. The predicted molar refractivity (Wildman–Crippen MR) is 57.5 cm³/mol. The van der Waals surface area contributed by atoms with Gasteiger partial charge in [-0.2, -0.15) is 0 Å². The molecule has 13 heavy (non-hydrogen) atoms. The Labute approximate surface area is 82.3 Å². The molecule has 1 fully saturated rings. The van der Waals surface area contributed by atoms with Crippen molar-refractivity contribution in [2.45, 2.75) is 51.5 Å². The summed E-state index contributed by atoms with van der Waals surface area (Å²) < 4.78 is 0.